The molecule has 0 bridgehead atoms. The van der Waals surface area contributed by atoms with Crippen LogP contribution in [-0.2, 0) is 20.0 Å². The van der Waals surface area contributed by atoms with Crippen molar-refractivity contribution in [3.63, 3.8) is 0 Å². The van der Waals surface area contributed by atoms with E-state index in [2.05, 4.69) is 25.5 Å². The van der Waals surface area contributed by atoms with Crippen molar-refractivity contribution in [1.82, 2.24) is 34.8 Å². The number of aromatic nitrogens is 6. The number of halogens is 3. The van der Waals surface area contributed by atoms with E-state index < -0.39 is 12.2 Å². The topological polar surface area (TPSA) is 90.5 Å². The third kappa shape index (κ3) is 4.01. The molecule has 1 atom stereocenters. The number of nitrogens with one attached hydrogen (secondary N) is 1. The number of thiazole rings is 1. The lowest BCUT2D eigenvalue weighted by molar-refractivity contribution is 0.0921. The van der Waals surface area contributed by atoms with Crippen molar-refractivity contribution < 1.29 is 18.0 Å². The summed E-state index contributed by atoms with van der Waals surface area (Å²) in [6, 6.07) is 6.08. The summed E-state index contributed by atoms with van der Waals surface area (Å²) in [4.78, 5) is 21.5. The molecule has 1 unspecified atom stereocenters. The van der Waals surface area contributed by atoms with E-state index in [-0.39, 0.29) is 23.3 Å². The molecule has 0 saturated carbocycles. The summed E-state index contributed by atoms with van der Waals surface area (Å²) >= 11 is 1.04. The van der Waals surface area contributed by atoms with Crippen molar-refractivity contribution in [3.05, 3.63) is 58.9 Å². The summed E-state index contributed by atoms with van der Waals surface area (Å²) < 4.78 is 43.1. The first-order chi connectivity index (χ1) is 15.9. The Hall–Kier alpha value is -3.54. The minimum atomic E-state index is -2.68. The quantitative estimate of drug-likeness (QED) is 0.478. The van der Waals surface area contributed by atoms with E-state index in [1.807, 2.05) is 0 Å². The Labute approximate surface area is 190 Å². The van der Waals surface area contributed by atoms with E-state index in [0.29, 0.717) is 47.2 Å². The highest BCUT2D eigenvalue weighted by Crippen LogP contribution is 2.30. The summed E-state index contributed by atoms with van der Waals surface area (Å²) in [6.45, 7) is 0.518. The van der Waals surface area contributed by atoms with Crippen molar-refractivity contribution in [2.45, 2.75) is 31.9 Å². The van der Waals surface area contributed by atoms with Crippen molar-refractivity contribution in [2.75, 3.05) is 0 Å². The first-order valence-electron chi connectivity index (χ1n) is 10.2. The molecule has 8 nitrogen and oxygen atoms in total. The summed E-state index contributed by atoms with van der Waals surface area (Å²) in [7, 11) is 1.61. The molecule has 4 aromatic rings. The molecule has 1 aliphatic heterocycles. The van der Waals surface area contributed by atoms with Gasteiger partial charge >= 0.3 is 0 Å². The maximum atomic E-state index is 14.1. The second kappa shape index (κ2) is 8.43. The number of aryl methyl sites for hydroxylation is 2. The number of benzene rings is 1. The maximum Gasteiger partial charge on any atom is 0.281 e. The number of fused-ring (bicyclic) bond motifs is 1. The number of hydrogen-bond acceptors (Lipinski definition) is 6. The number of rotatable bonds is 5. The third-order valence-electron chi connectivity index (χ3n) is 5.45. The van der Waals surface area contributed by atoms with Gasteiger partial charge in [0, 0.05) is 31.4 Å². The van der Waals surface area contributed by atoms with Gasteiger partial charge in [-0.2, -0.15) is 10.2 Å². The van der Waals surface area contributed by atoms with E-state index in [1.165, 1.54) is 22.3 Å². The first kappa shape index (κ1) is 21.3. The molecule has 0 aliphatic carbocycles. The minimum Gasteiger partial charge on any atom is -0.347 e. The predicted molar refractivity (Wildman–Crippen MR) is 114 cm³/mol. The summed E-state index contributed by atoms with van der Waals surface area (Å²) in [5, 5.41) is 13.1. The van der Waals surface area contributed by atoms with Gasteiger partial charge in [-0.25, -0.2) is 27.8 Å². The number of alkyl halides is 2. The number of carbonyl (C=O) groups is 1. The molecule has 0 radical (unpaired) electrons. The van der Waals surface area contributed by atoms with Crippen LogP contribution in [0.1, 0.15) is 34.9 Å². The Morgan fingerprint density at radius 2 is 2.06 bits per heavy atom. The normalized spacial score (nSPS) is 15.6. The highest BCUT2D eigenvalue weighted by Gasteiger charge is 2.27. The molecule has 0 fully saturated rings. The average Bonchev–Trinajstić information content (AvgIpc) is 3.51. The van der Waals surface area contributed by atoms with Gasteiger partial charge < -0.3 is 5.32 Å². The van der Waals surface area contributed by atoms with Crippen LogP contribution in [0.15, 0.2) is 35.8 Å². The van der Waals surface area contributed by atoms with Crippen LogP contribution < -0.4 is 5.32 Å². The predicted octanol–water partition coefficient (Wildman–Crippen LogP) is 3.62. The highest BCUT2D eigenvalue weighted by molar-refractivity contribution is 7.13. The Morgan fingerprint density at radius 1 is 1.24 bits per heavy atom. The van der Waals surface area contributed by atoms with Crippen molar-refractivity contribution in [1.29, 1.82) is 0 Å². The second-order valence-corrected chi connectivity index (χ2v) is 8.48. The van der Waals surface area contributed by atoms with Gasteiger partial charge in [0.05, 0.1) is 17.3 Å². The van der Waals surface area contributed by atoms with Crippen molar-refractivity contribution in [2.24, 2.45) is 7.05 Å². The van der Waals surface area contributed by atoms with Gasteiger partial charge in [-0.05, 0) is 18.6 Å². The van der Waals surface area contributed by atoms with E-state index in [0.717, 1.165) is 11.3 Å². The lowest BCUT2D eigenvalue weighted by Crippen LogP contribution is -2.41. The van der Waals surface area contributed by atoms with Gasteiger partial charge in [-0.15, -0.1) is 11.3 Å². The molecule has 1 N–H and O–H groups in total. The van der Waals surface area contributed by atoms with E-state index in [4.69, 9.17) is 0 Å². The standard InChI is InChI=1S/C21H18F3N7OS/c1-30-17(13(9-25-30)21-27-15(10-33-21)18(23)24)20(32)26-11-6-7-31-16(8-11)28-19(29-31)12-4-2-3-5-14(12)22/h2-5,9-11,18H,6-8H2,1H3,(H,26,32). The SMILES string of the molecule is Cn1ncc(-c2nc(C(F)F)cs2)c1C(=O)NC1CCn2nc(-c3ccccc3F)nc2C1. The maximum absolute atomic E-state index is 14.1. The molecular weight excluding hydrogens is 455 g/mol. The zero-order chi connectivity index (χ0) is 23.1. The molecule has 33 heavy (non-hydrogen) atoms. The van der Waals surface area contributed by atoms with E-state index in [9.17, 15) is 18.0 Å². The molecule has 1 aromatic carbocycles. The fraction of sp³-hybridized carbons (Fsp3) is 0.286. The summed E-state index contributed by atoms with van der Waals surface area (Å²) in [6.07, 6.45) is -0.203. The van der Waals surface area contributed by atoms with Gasteiger partial charge in [0.1, 0.15) is 28.0 Å². The molecule has 12 heteroatoms. The molecule has 4 heterocycles. The zero-order valence-electron chi connectivity index (χ0n) is 17.4. The fourth-order valence-electron chi connectivity index (χ4n) is 3.81. The fourth-order valence-corrected chi connectivity index (χ4v) is 4.63. The van der Waals surface area contributed by atoms with Crippen LogP contribution in [0, 0.1) is 5.82 Å². The van der Waals surface area contributed by atoms with Crippen LogP contribution in [0.25, 0.3) is 22.0 Å². The molecule has 1 amide bonds. The van der Waals surface area contributed by atoms with Crippen LogP contribution in [0.4, 0.5) is 13.2 Å². The molecule has 0 spiro atoms. The first-order valence-corrected chi connectivity index (χ1v) is 11.0. The monoisotopic (exact) mass is 473 g/mol. The Balaban J connectivity index is 1.34. The Morgan fingerprint density at radius 3 is 2.82 bits per heavy atom. The molecule has 3 aromatic heterocycles. The van der Waals surface area contributed by atoms with Gasteiger partial charge in [-0.3, -0.25) is 9.48 Å². The summed E-state index contributed by atoms with van der Waals surface area (Å²) in [5.74, 6) is 0.177. The van der Waals surface area contributed by atoms with Crippen LogP contribution in [0.5, 0.6) is 0 Å². The van der Waals surface area contributed by atoms with Gasteiger partial charge in [0.15, 0.2) is 5.82 Å². The molecule has 0 saturated heterocycles. The Kier molecular flexibility index (Phi) is 5.44. The number of amides is 1. The van der Waals surface area contributed by atoms with Crippen LogP contribution in [0.3, 0.4) is 0 Å². The number of hydrogen-bond donors (Lipinski definition) is 1. The number of nitrogens with zero attached hydrogens (tertiary/aromatic N) is 6. The Bertz CT molecular complexity index is 1330. The van der Waals surface area contributed by atoms with Gasteiger partial charge in [0.2, 0.25) is 0 Å². The lowest BCUT2D eigenvalue weighted by Gasteiger charge is -2.23. The zero-order valence-corrected chi connectivity index (χ0v) is 18.2. The van der Waals surface area contributed by atoms with E-state index >= 15 is 0 Å². The highest BCUT2D eigenvalue weighted by atomic mass is 32.1. The van der Waals surface area contributed by atoms with Gasteiger partial charge in [0.25, 0.3) is 12.3 Å². The smallest absolute Gasteiger partial charge is 0.281 e. The molecule has 1 aliphatic rings. The second-order valence-electron chi connectivity index (χ2n) is 7.63. The largest absolute Gasteiger partial charge is 0.347 e. The van der Waals surface area contributed by atoms with Crippen molar-refractivity contribution in [3.8, 4) is 22.0 Å². The third-order valence-corrected chi connectivity index (χ3v) is 6.34. The molecular formula is C21H18F3N7OS. The van der Waals surface area contributed by atoms with Gasteiger partial charge in [-0.1, -0.05) is 12.1 Å². The minimum absolute atomic E-state index is 0.224. The summed E-state index contributed by atoms with van der Waals surface area (Å²) in [5.41, 5.74) is 0.630. The average molecular weight is 473 g/mol. The van der Waals surface area contributed by atoms with Crippen LogP contribution in [0.2, 0.25) is 0 Å². The van der Waals surface area contributed by atoms with Crippen LogP contribution in [-0.4, -0.2) is 41.5 Å². The number of carbonyl (C=O) groups excluding carboxylic acids is 1. The molecule has 5 rings (SSSR count). The van der Waals surface area contributed by atoms with E-state index in [1.54, 1.807) is 29.9 Å². The van der Waals surface area contributed by atoms with Crippen molar-refractivity contribution >= 4 is 17.2 Å². The lowest BCUT2D eigenvalue weighted by atomic mass is 10.1. The van der Waals surface area contributed by atoms with Crippen LogP contribution >= 0.6 is 11.3 Å². The molecule has 170 valence electrons.